The summed E-state index contributed by atoms with van der Waals surface area (Å²) in [7, 11) is 1.55. The van der Waals surface area contributed by atoms with E-state index in [9.17, 15) is 14.4 Å². The average molecular weight is 292 g/mol. The van der Waals surface area contributed by atoms with Crippen molar-refractivity contribution in [1.82, 2.24) is 10.6 Å². The summed E-state index contributed by atoms with van der Waals surface area (Å²) >= 11 is 1.32. The van der Waals surface area contributed by atoms with E-state index in [-0.39, 0.29) is 24.0 Å². The van der Waals surface area contributed by atoms with Gasteiger partial charge in [-0.25, -0.2) is 4.79 Å². The van der Waals surface area contributed by atoms with E-state index in [2.05, 4.69) is 10.6 Å². The summed E-state index contributed by atoms with van der Waals surface area (Å²) < 4.78 is 4.79. The monoisotopic (exact) mass is 292 g/mol. The van der Waals surface area contributed by atoms with Crippen LogP contribution in [0.4, 0.5) is 0 Å². The van der Waals surface area contributed by atoms with Gasteiger partial charge in [0, 0.05) is 20.6 Å². The third-order valence-electron chi connectivity index (χ3n) is 2.09. The first-order valence-electron chi connectivity index (χ1n) is 5.80. The maximum absolute atomic E-state index is 11.3. The first-order valence-corrected chi connectivity index (χ1v) is 6.96. The van der Waals surface area contributed by atoms with Crippen molar-refractivity contribution in [3.05, 3.63) is 0 Å². The number of hydrogen-bond donors (Lipinski definition) is 3. The molecule has 0 aromatic carbocycles. The number of amides is 2. The highest BCUT2D eigenvalue weighted by molar-refractivity contribution is 7.99. The number of carboxylic acid groups (broad SMARTS) is 1. The van der Waals surface area contributed by atoms with Crippen LogP contribution < -0.4 is 10.6 Å². The van der Waals surface area contributed by atoms with Gasteiger partial charge in [0.25, 0.3) is 0 Å². The summed E-state index contributed by atoms with van der Waals surface area (Å²) in [6.45, 7) is 2.19. The standard InChI is InChI=1S/C11H20N2O5S/c1-8(14)13-9(11(16)17)3-6-19-7-10(15)12-4-5-18-2/h9H,3-7H2,1-2H3,(H,12,15)(H,13,14)(H,16,17). The van der Waals surface area contributed by atoms with Gasteiger partial charge in [0.1, 0.15) is 6.04 Å². The Morgan fingerprint density at radius 1 is 1.37 bits per heavy atom. The molecule has 110 valence electrons. The van der Waals surface area contributed by atoms with Gasteiger partial charge in [-0.05, 0) is 12.2 Å². The van der Waals surface area contributed by atoms with Crippen molar-refractivity contribution in [2.75, 3.05) is 31.8 Å². The second-order valence-corrected chi connectivity index (χ2v) is 4.88. The van der Waals surface area contributed by atoms with Crippen LogP contribution in [0.15, 0.2) is 0 Å². The molecule has 0 fully saturated rings. The molecule has 0 saturated carbocycles. The summed E-state index contributed by atoms with van der Waals surface area (Å²) in [5.74, 6) is -0.825. The molecule has 3 N–H and O–H groups in total. The molecular formula is C11H20N2O5S. The van der Waals surface area contributed by atoms with E-state index in [1.54, 1.807) is 7.11 Å². The summed E-state index contributed by atoms with van der Waals surface area (Å²) in [6, 6.07) is -0.901. The van der Waals surface area contributed by atoms with Crippen LogP contribution in [0.3, 0.4) is 0 Å². The number of carbonyl (C=O) groups excluding carboxylic acids is 2. The average Bonchev–Trinajstić information content (AvgIpc) is 2.32. The first-order chi connectivity index (χ1) is 8.97. The third kappa shape index (κ3) is 10.3. The van der Waals surface area contributed by atoms with Crippen LogP contribution in [0.1, 0.15) is 13.3 Å². The fourth-order valence-corrected chi connectivity index (χ4v) is 2.05. The molecule has 0 spiro atoms. The topological polar surface area (TPSA) is 105 Å². The van der Waals surface area contributed by atoms with Gasteiger partial charge in [-0.1, -0.05) is 0 Å². The second kappa shape index (κ2) is 10.6. The number of hydrogen-bond acceptors (Lipinski definition) is 5. The Balaban J connectivity index is 3.73. The van der Waals surface area contributed by atoms with Gasteiger partial charge in [0.05, 0.1) is 12.4 Å². The van der Waals surface area contributed by atoms with Crippen LogP contribution in [0.25, 0.3) is 0 Å². The molecule has 0 aliphatic rings. The summed E-state index contributed by atoms with van der Waals surface area (Å²) in [6.07, 6.45) is 0.283. The zero-order valence-corrected chi connectivity index (χ0v) is 11.9. The number of nitrogens with one attached hydrogen (secondary N) is 2. The van der Waals surface area contributed by atoms with E-state index in [0.717, 1.165) is 0 Å². The quantitative estimate of drug-likeness (QED) is 0.467. The van der Waals surface area contributed by atoms with Crippen molar-refractivity contribution in [2.24, 2.45) is 0 Å². The Morgan fingerprint density at radius 3 is 2.58 bits per heavy atom. The lowest BCUT2D eigenvalue weighted by Crippen LogP contribution is -2.40. The van der Waals surface area contributed by atoms with Gasteiger partial charge < -0.3 is 20.5 Å². The fourth-order valence-electron chi connectivity index (χ4n) is 1.21. The van der Waals surface area contributed by atoms with Crippen molar-refractivity contribution in [3.63, 3.8) is 0 Å². The molecule has 0 aliphatic heterocycles. The molecule has 8 heteroatoms. The van der Waals surface area contributed by atoms with Crippen molar-refractivity contribution in [2.45, 2.75) is 19.4 Å². The van der Waals surface area contributed by atoms with Crippen LogP contribution in [-0.4, -0.2) is 60.7 Å². The van der Waals surface area contributed by atoms with Crippen molar-refractivity contribution in [1.29, 1.82) is 0 Å². The van der Waals surface area contributed by atoms with Crippen molar-refractivity contribution < 1.29 is 24.2 Å². The van der Waals surface area contributed by atoms with E-state index < -0.39 is 12.0 Å². The zero-order valence-electron chi connectivity index (χ0n) is 11.1. The molecule has 0 aliphatic carbocycles. The van der Waals surface area contributed by atoms with Crippen molar-refractivity contribution >= 4 is 29.5 Å². The largest absolute Gasteiger partial charge is 0.480 e. The third-order valence-corrected chi connectivity index (χ3v) is 3.08. The van der Waals surface area contributed by atoms with Gasteiger partial charge in [0.15, 0.2) is 0 Å². The normalized spacial score (nSPS) is 11.7. The molecule has 1 atom stereocenters. The molecule has 0 aromatic heterocycles. The van der Waals surface area contributed by atoms with E-state index in [1.165, 1.54) is 18.7 Å². The number of methoxy groups -OCH3 is 1. The SMILES string of the molecule is COCCNC(=O)CSCCC(NC(C)=O)C(=O)O. The fraction of sp³-hybridized carbons (Fsp3) is 0.727. The molecule has 2 amide bonds. The van der Waals surface area contributed by atoms with Crippen LogP contribution in [0.5, 0.6) is 0 Å². The lowest BCUT2D eigenvalue weighted by atomic mass is 10.2. The number of carboxylic acids is 1. The molecule has 7 nitrogen and oxygen atoms in total. The highest BCUT2D eigenvalue weighted by atomic mass is 32.2. The Labute approximate surface area is 116 Å². The molecular weight excluding hydrogens is 272 g/mol. The summed E-state index contributed by atoms with van der Waals surface area (Å²) in [5, 5.41) is 13.9. The maximum Gasteiger partial charge on any atom is 0.326 e. The van der Waals surface area contributed by atoms with Crippen LogP contribution >= 0.6 is 11.8 Å². The minimum absolute atomic E-state index is 0.117. The Bertz CT molecular complexity index is 311. The van der Waals surface area contributed by atoms with Crippen LogP contribution in [0.2, 0.25) is 0 Å². The van der Waals surface area contributed by atoms with E-state index in [4.69, 9.17) is 9.84 Å². The Morgan fingerprint density at radius 2 is 2.05 bits per heavy atom. The second-order valence-electron chi connectivity index (χ2n) is 3.78. The predicted octanol–water partition coefficient (Wildman–Crippen LogP) is -0.538. The van der Waals surface area contributed by atoms with Crippen LogP contribution in [-0.2, 0) is 19.1 Å². The van der Waals surface area contributed by atoms with E-state index in [1.807, 2.05) is 0 Å². The minimum Gasteiger partial charge on any atom is -0.480 e. The minimum atomic E-state index is -1.07. The van der Waals surface area contributed by atoms with Gasteiger partial charge in [-0.3, -0.25) is 9.59 Å². The van der Waals surface area contributed by atoms with Gasteiger partial charge in [0.2, 0.25) is 11.8 Å². The lowest BCUT2D eigenvalue weighted by molar-refractivity contribution is -0.141. The molecule has 1 unspecified atom stereocenters. The Kier molecular flexibility index (Phi) is 9.91. The molecule has 0 radical (unpaired) electrons. The highest BCUT2D eigenvalue weighted by Gasteiger charge is 2.17. The van der Waals surface area contributed by atoms with Crippen molar-refractivity contribution in [3.8, 4) is 0 Å². The van der Waals surface area contributed by atoms with Crippen LogP contribution in [0, 0.1) is 0 Å². The zero-order chi connectivity index (χ0) is 14.7. The summed E-state index contributed by atoms with van der Waals surface area (Å²) in [4.78, 5) is 32.9. The molecule has 0 rings (SSSR count). The highest BCUT2D eigenvalue weighted by Crippen LogP contribution is 2.05. The molecule has 0 aromatic rings. The maximum atomic E-state index is 11.3. The lowest BCUT2D eigenvalue weighted by Gasteiger charge is -2.12. The summed E-state index contributed by atoms with van der Waals surface area (Å²) in [5.41, 5.74) is 0. The number of rotatable bonds is 10. The first kappa shape index (κ1) is 17.7. The number of carbonyl (C=O) groups is 3. The number of thioether (sulfide) groups is 1. The molecule has 0 bridgehead atoms. The number of ether oxygens (including phenoxy) is 1. The number of aliphatic carboxylic acids is 1. The van der Waals surface area contributed by atoms with E-state index in [0.29, 0.717) is 18.9 Å². The van der Waals surface area contributed by atoms with Gasteiger partial charge in [-0.15, -0.1) is 0 Å². The smallest absolute Gasteiger partial charge is 0.326 e. The molecule has 0 heterocycles. The van der Waals surface area contributed by atoms with Gasteiger partial charge in [-0.2, -0.15) is 11.8 Å². The Hall–Kier alpha value is -1.28. The van der Waals surface area contributed by atoms with E-state index >= 15 is 0 Å². The molecule has 0 saturated heterocycles. The molecule has 19 heavy (non-hydrogen) atoms. The predicted molar refractivity (Wildman–Crippen MR) is 72.1 cm³/mol. The van der Waals surface area contributed by atoms with Gasteiger partial charge >= 0.3 is 5.97 Å².